The van der Waals surface area contributed by atoms with Crippen LogP contribution in [0.2, 0.25) is 0 Å². The van der Waals surface area contributed by atoms with Crippen molar-refractivity contribution in [2.75, 3.05) is 26.2 Å². The highest BCUT2D eigenvalue weighted by Crippen LogP contribution is 2.26. The van der Waals surface area contributed by atoms with E-state index >= 15 is 0 Å². The molecule has 118 valence electrons. The lowest BCUT2D eigenvalue weighted by molar-refractivity contribution is 0.237. The highest BCUT2D eigenvalue weighted by Gasteiger charge is 2.12. The highest BCUT2D eigenvalue weighted by molar-refractivity contribution is 9.10. The summed E-state index contributed by atoms with van der Waals surface area (Å²) in [4.78, 5) is 2.47. The maximum absolute atomic E-state index is 5.89. The second kappa shape index (κ2) is 7.61. The fourth-order valence-corrected chi connectivity index (χ4v) is 2.97. The van der Waals surface area contributed by atoms with Gasteiger partial charge in [-0.1, -0.05) is 6.07 Å². The Morgan fingerprint density at radius 3 is 2.57 bits per heavy atom. The summed E-state index contributed by atoms with van der Waals surface area (Å²) in [6, 6.07) is 6.34. The summed E-state index contributed by atoms with van der Waals surface area (Å²) in [5, 5.41) is 3.50. The molecule has 4 heteroatoms. The molecule has 0 unspecified atom stereocenters. The van der Waals surface area contributed by atoms with E-state index in [0.717, 1.165) is 29.9 Å². The SMILES string of the molecule is CC(C)(C)NCc1ccc(OCCN2CCCC2)c(Br)c1. The first-order valence-electron chi connectivity index (χ1n) is 7.83. The number of nitrogens with one attached hydrogen (secondary N) is 1. The summed E-state index contributed by atoms with van der Waals surface area (Å²) in [6.45, 7) is 11.6. The molecule has 1 heterocycles. The second-order valence-corrected chi connectivity index (χ2v) is 7.62. The minimum Gasteiger partial charge on any atom is -0.491 e. The average Bonchev–Trinajstić information content (AvgIpc) is 2.91. The minimum absolute atomic E-state index is 0.136. The summed E-state index contributed by atoms with van der Waals surface area (Å²) >= 11 is 3.61. The third kappa shape index (κ3) is 5.97. The lowest BCUT2D eigenvalue weighted by Crippen LogP contribution is -2.35. The van der Waals surface area contributed by atoms with Gasteiger partial charge in [0.05, 0.1) is 4.47 Å². The van der Waals surface area contributed by atoms with E-state index in [1.807, 2.05) is 0 Å². The summed E-state index contributed by atoms with van der Waals surface area (Å²) < 4.78 is 6.93. The molecule has 1 N–H and O–H groups in total. The molecule has 2 rings (SSSR count). The van der Waals surface area contributed by atoms with Gasteiger partial charge in [0.15, 0.2) is 0 Å². The molecule has 0 spiro atoms. The Hall–Kier alpha value is -0.580. The molecule has 1 saturated heterocycles. The van der Waals surface area contributed by atoms with Crippen LogP contribution in [0.25, 0.3) is 0 Å². The molecular weight excluding hydrogens is 328 g/mol. The van der Waals surface area contributed by atoms with Gasteiger partial charge in [-0.2, -0.15) is 0 Å². The van der Waals surface area contributed by atoms with Crippen LogP contribution in [0.4, 0.5) is 0 Å². The number of benzene rings is 1. The summed E-state index contributed by atoms with van der Waals surface area (Å²) in [7, 11) is 0. The normalized spacial score (nSPS) is 16.4. The van der Waals surface area contributed by atoms with E-state index in [1.165, 1.54) is 31.5 Å². The van der Waals surface area contributed by atoms with Crippen LogP contribution in [-0.2, 0) is 6.54 Å². The number of likely N-dealkylation sites (tertiary alicyclic amines) is 1. The Labute approximate surface area is 137 Å². The van der Waals surface area contributed by atoms with E-state index in [1.54, 1.807) is 0 Å². The van der Waals surface area contributed by atoms with E-state index in [9.17, 15) is 0 Å². The van der Waals surface area contributed by atoms with Crippen LogP contribution in [0.5, 0.6) is 5.75 Å². The Kier molecular flexibility index (Phi) is 6.08. The van der Waals surface area contributed by atoms with Crippen LogP contribution in [0.1, 0.15) is 39.2 Å². The quantitative estimate of drug-likeness (QED) is 0.840. The predicted octanol–water partition coefficient (Wildman–Crippen LogP) is 3.81. The van der Waals surface area contributed by atoms with E-state index in [2.05, 4.69) is 65.1 Å². The number of rotatable bonds is 6. The van der Waals surface area contributed by atoms with Crippen LogP contribution in [0, 0.1) is 0 Å². The third-order valence-corrected chi connectivity index (χ3v) is 4.30. The van der Waals surface area contributed by atoms with Gasteiger partial charge in [-0.15, -0.1) is 0 Å². The van der Waals surface area contributed by atoms with Crippen LogP contribution < -0.4 is 10.1 Å². The van der Waals surface area contributed by atoms with Crippen LogP contribution in [-0.4, -0.2) is 36.7 Å². The smallest absolute Gasteiger partial charge is 0.133 e. The lowest BCUT2D eigenvalue weighted by atomic mass is 10.1. The van der Waals surface area contributed by atoms with Crippen molar-refractivity contribution < 1.29 is 4.74 Å². The molecule has 1 aliphatic rings. The Balaban J connectivity index is 1.80. The molecule has 1 aliphatic heterocycles. The van der Waals surface area contributed by atoms with Gasteiger partial charge in [0.25, 0.3) is 0 Å². The number of hydrogen-bond acceptors (Lipinski definition) is 3. The monoisotopic (exact) mass is 354 g/mol. The molecule has 21 heavy (non-hydrogen) atoms. The number of ether oxygens (including phenoxy) is 1. The average molecular weight is 355 g/mol. The van der Waals surface area contributed by atoms with Crippen LogP contribution >= 0.6 is 15.9 Å². The zero-order chi connectivity index (χ0) is 15.3. The van der Waals surface area contributed by atoms with Crippen molar-refractivity contribution in [2.24, 2.45) is 0 Å². The maximum Gasteiger partial charge on any atom is 0.133 e. The van der Waals surface area contributed by atoms with Crippen molar-refractivity contribution in [2.45, 2.75) is 45.7 Å². The molecule has 0 radical (unpaired) electrons. The van der Waals surface area contributed by atoms with Crippen molar-refractivity contribution >= 4 is 15.9 Å². The first kappa shape index (κ1) is 16.8. The van der Waals surface area contributed by atoms with Crippen molar-refractivity contribution in [3.63, 3.8) is 0 Å². The van der Waals surface area contributed by atoms with Gasteiger partial charge in [-0.25, -0.2) is 0 Å². The van der Waals surface area contributed by atoms with E-state index < -0.39 is 0 Å². The Morgan fingerprint density at radius 1 is 1.24 bits per heavy atom. The molecule has 0 aromatic heterocycles. The Morgan fingerprint density at radius 2 is 1.95 bits per heavy atom. The van der Waals surface area contributed by atoms with E-state index in [4.69, 9.17) is 4.74 Å². The van der Waals surface area contributed by atoms with E-state index in [0.29, 0.717) is 0 Å². The second-order valence-electron chi connectivity index (χ2n) is 6.77. The van der Waals surface area contributed by atoms with Gasteiger partial charge in [-0.3, -0.25) is 4.90 Å². The van der Waals surface area contributed by atoms with Gasteiger partial charge in [0.1, 0.15) is 12.4 Å². The van der Waals surface area contributed by atoms with E-state index in [-0.39, 0.29) is 5.54 Å². The molecule has 0 atom stereocenters. The van der Waals surface area contributed by atoms with Gasteiger partial charge in [0, 0.05) is 18.6 Å². The number of hydrogen-bond donors (Lipinski definition) is 1. The first-order chi connectivity index (χ1) is 9.94. The van der Waals surface area contributed by atoms with Crippen molar-refractivity contribution in [1.29, 1.82) is 0 Å². The van der Waals surface area contributed by atoms with Gasteiger partial charge in [-0.05, 0) is 80.3 Å². The maximum atomic E-state index is 5.89. The molecule has 0 saturated carbocycles. The topological polar surface area (TPSA) is 24.5 Å². The molecule has 0 aliphatic carbocycles. The predicted molar refractivity (Wildman–Crippen MR) is 91.9 cm³/mol. The standard InChI is InChI=1S/C17H27BrN2O/c1-17(2,3)19-13-14-6-7-16(15(18)12-14)21-11-10-20-8-4-5-9-20/h6-7,12,19H,4-5,8-11,13H2,1-3H3. The molecule has 1 aromatic carbocycles. The molecule has 3 nitrogen and oxygen atoms in total. The minimum atomic E-state index is 0.136. The highest BCUT2D eigenvalue weighted by atomic mass is 79.9. The molecule has 0 amide bonds. The molecule has 1 fully saturated rings. The zero-order valence-electron chi connectivity index (χ0n) is 13.4. The zero-order valence-corrected chi connectivity index (χ0v) is 15.0. The summed E-state index contributed by atoms with van der Waals surface area (Å²) in [5.41, 5.74) is 1.40. The Bertz CT molecular complexity index is 451. The van der Waals surface area contributed by atoms with Crippen LogP contribution in [0.3, 0.4) is 0 Å². The van der Waals surface area contributed by atoms with Crippen molar-refractivity contribution in [3.8, 4) is 5.75 Å². The lowest BCUT2D eigenvalue weighted by Gasteiger charge is -2.21. The fraction of sp³-hybridized carbons (Fsp3) is 0.647. The van der Waals surface area contributed by atoms with Crippen molar-refractivity contribution in [1.82, 2.24) is 10.2 Å². The molecule has 1 aromatic rings. The summed E-state index contributed by atoms with van der Waals surface area (Å²) in [5.74, 6) is 0.939. The van der Waals surface area contributed by atoms with Gasteiger partial charge in [0.2, 0.25) is 0 Å². The first-order valence-corrected chi connectivity index (χ1v) is 8.62. The number of nitrogens with zero attached hydrogens (tertiary/aromatic N) is 1. The summed E-state index contributed by atoms with van der Waals surface area (Å²) in [6.07, 6.45) is 2.67. The van der Waals surface area contributed by atoms with Gasteiger partial charge >= 0.3 is 0 Å². The van der Waals surface area contributed by atoms with Crippen molar-refractivity contribution in [3.05, 3.63) is 28.2 Å². The van der Waals surface area contributed by atoms with Gasteiger partial charge < -0.3 is 10.1 Å². The van der Waals surface area contributed by atoms with Crippen LogP contribution in [0.15, 0.2) is 22.7 Å². The number of halogens is 1. The fourth-order valence-electron chi connectivity index (χ4n) is 2.43. The molecular formula is C17H27BrN2O. The third-order valence-electron chi connectivity index (χ3n) is 3.68. The largest absolute Gasteiger partial charge is 0.491 e. The molecule has 0 bridgehead atoms.